The fraction of sp³-hybridized carbons (Fsp3) is 0.318. The molecule has 0 fully saturated rings. The Morgan fingerprint density at radius 2 is 0.574 bits per heavy atom. The highest BCUT2D eigenvalue weighted by Crippen LogP contribution is 2.12. The van der Waals surface area contributed by atoms with Crippen LogP contribution in [0.2, 0.25) is 0 Å². The Labute approximate surface area is 317 Å². The lowest BCUT2D eigenvalue weighted by Gasteiger charge is -2.24. The van der Waals surface area contributed by atoms with Crippen molar-refractivity contribution in [1.82, 2.24) is 31.1 Å². The van der Waals surface area contributed by atoms with E-state index in [1.165, 1.54) is 35.4 Å². The summed E-state index contributed by atoms with van der Waals surface area (Å²) in [6, 6.07) is 35.8. The number of benzene rings is 5. The first-order valence-corrected chi connectivity index (χ1v) is 18.7. The third-order valence-corrected chi connectivity index (χ3v) is 9.35. The molecule has 4 N–H and O–H groups in total. The number of nitrogens with one attached hydrogen (secondary N) is 4. The van der Waals surface area contributed by atoms with Crippen LogP contribution in [0.1, 0.15) is 33.4 Å². The van der Waals surface area contributed by atoms with Gasteiger partial charge in [0.15, 0.2) is 0 Å². The molecule has 0 aliphatic heterocycles. The molecule has 5 rings (SSSR count). The van der Waals surface area contributed by atoms with Crippen LogP contribution >= 0.6 is 0 Å². The summed E-state index contributed by atoms with van der Waals surface area (Å²) in [7, 11) is 0. The molecule has 0 unspecified atom stereocenters. The number of rotatable bonds is 24. The van der Waals surface area contributed by atoms with Crippen LogP contribution in [0.5, 0.6) is 0 Å². The Bertz CT molecular complexity index is 1580. The summed E-state index contributed by atoms with van der Waals surface area (Å²) in [6.07, 6.45) is 0. The number of nitrogens with zero attached hydrogens (tertiary/aromatic N) is 2. The molecule has 0 radical (unpaired) electrons. The average Bonchev–Trinajstić information content (AvgIpc) is 3.18. The molecule has 0 heterocycles. The van der Waals surface area contributed by atoms with Crippen LogP contribution in [-0.4, -0.2) is 62.2 Å². The van der Waals surface area contributed by atoms with Crippen LogP contribution < -0.4 is 21.3 Å². The van der Waals surface area contributed by atoms with Gasteiger partial charge in [-0.15, -0.1) is 0 Å². The van der Waals surface area contributed by atoms with E-state index in [1.54, 1.807) is 48.5 Å². The van der Waals surface area contributed by atoms with E-state index < -0.39 is 0 Å². The fourth-order valence-corrected chi connectivity index (χ4v) is 6.21. The summed E-state index contributed by atoms with van der Waals surface area (Å²) in [5.41, 5.74) is 4.91. The zero-order valence-corrected chi connectivity index (χ0v) is 30.9. The molecule has 0 saturated heterocycles. The van der Waals surface area contributed by atoms with Crippen LogP contribution in [0.4, 0.5) is 17.6 Å². The van der Waals surface area contributed by atoms with E-state index >= 15 is 0 Å². The molecule has 6 nitrogen and oxygen atoms in total. The van der Waals surface area contributed by atoms with Crippen molar-refractivity contribution in [2.45, 2.75) is 39.3 Å². The van der Waals surface area contributed by atoms with Crippen LogP contribution in [0.25, 0.3) is 0 Å². The monoisotopic (exact) mass is 740 g/mol. The topological polar surface area (TPSA) is 54.6 Å². The third kappa shape index (κ3) is 14.1. The summed E-state index contributed by atoms with van der Waals surface area (Å²) in [4.78, 5) is 4.68. The molecule has 0 amide bonds. The highest BCUT2D eigenvalue weighted by molar-refractivity contribution is 5.23. The SMILES string of the molecule is Fc1ccccc1CNCCN(CCNCc1ccccc1F)Cc1ccc(CN(CCNCc2ccccc2F)CCNCc2ccccc2F)cc1. The summed E-state index contributed by atoms with van der Waals surface area (Å²) in [6.45, 7) is 9.03. The van der Waals surface area contributed by atoms with Crippen LogP contribution in [0.3, 0.4) is 0 Å². The first-order valence-electron chi connectivity index (χ1n) is 18.7. The van der Waals surface area contributed by atoms with Gasteiger partial charge in [0.25, 0.3) is 0 Å². The molecular weight excluding hydrogens is 689 g/mol. The molecule has 0 aliphatic carbocycles. The van der Waals surface area contributed by atoms with Gasteiger partial charge < -0.3 is 21.3 Å². The van der Waals surface area contributed by atoms with Gasteiger partial charge in [0.1, 0.15) is 23.3 Å². The van der Waals surface area contributed by atoms with E-state index in [2.05, 4.69) is 55.3 Å². The highest BCUT2D eigenvalue weighted by Gasteiger charge is 2.11. The maximum atomic E-state index is 14.1. The van der Waals surface area contributed by atoms with E-state index in [9.17, 15) is 17.6 Å². The Morgan fingerprint density at radius 1 is 0.333 bits per heavy atom. The van der Waals surface area contributed by atoms with Crippen LogP contribution in [0, 0.1) is 23.3 Å². The summed E-state index contributed by atoms with van der Waals surface area (Å²) in [5, 5.41) is 13.5. The lowest BCUT2D eigenvalue weighted by atomic mass is 10.1. The average molecular weight is 741 g/mol. The minimum absolute atomic E-state index is 0.212. The van der Waals surface area contributed by atoms with Gasteiger partial charge in [-0.25, -0.2) is 17.6 Å². The fourth-order valence-electron chi connectivity index (χ4n) is 6.21. The number of hydrogen-bond acceptors (Lipinski definition) is 6. The van der Waals surface area contributed by atoms with E-state index in [4.69, 9.17) is 0 Å². The van der Waals surface area contributed by atoms with Crippen molar-refractivity contribution >= 4 is 0 Å². The second kappa shape index (κ2) is 22.7. The molecule has 0 aliphatic rings. The third-order valence-electron chi connectivity index (χ3n) is 9.35. The molecule has 10 heteroatoms. The van der Waals surface area contributed by atoms with Crippen molar-refractivity contribution in [2.24, 2.45) is 0 Å². The summed E-state index contributed by atoms with van der Waals surface area (Å²) in [5.74, 6) is -0.850. The first-order chi connectivity index (χ1) is 26.4. The standard InChI is InChI=1S/C44H52F4N6/c45-41-13-5-1-9-37(41)29-49-21-25-53(26-22-50-30-38-10-2-6-14-42(38)46)33-35-17-19-36(20-18-35)34-54(27-23-51-31-39-11-3-7-15-43(39)47)28-24-52-32-40-12-4-8-16-44(40)48/h1-20,49-52H,21-34H2. The Morgan fingerprint density at radius 3 is 0.815 bits per heavy atom. The van der Waals surface area contributed by atoms with Crippen molar-refractivity contribution < 1.29 is 17.6 Å². The second-order valence-corrected chi connectivity index (χ2v) is 13.4. The maximum absolute atomic E-state index is 14.1. The molecule has 0 spiro atoms. The zero-order valence-electron chi connectivity index (χ0n) is 30.9. The van der Waals surface area contributed by atoms with E-state index in [1.807, 2.05) is 24.3 Å². The second-order valence-electron chi connectivity index (χ2n) is 13.4. The minimum atomic E-state index is -0.212. The molecule has 0 bridgehead atoms. The first kappa shape index (κ1) is 40.8. The predicted octanol–water partition coefficient (Wildman–Crippen LogP) is 7.01. The Balaban J connectivity index is 1.15. The van der Waals surface area contributed by atoms with E-state index in [0.29, 0.717) is 74.6 Å². The van der Waals surface area contributed by atoms with Crippen molar-refractivity contribution in [2.75, 3.05) is 52.4 Å². The largest absolute Gasteiger partial charge is 0.311 e. The highest BCUT2D eigenvalue weighted by atomic mass is 19.1. The quantitative estimate of drug-likeness (QED) is 0.0404. The molecule has 5 aromatic rings. The number of halogens is 4. The van der Waals surface area contributed by atoms with Gasteiger partial charge in [0.05, 0.1) is 0 Å². The van der Waals surface area contributed by atoms with E-state index in [-0.39, 0.29) is 23.3 Å². The molecule has 54 heavy (non-hydrogen) atoms. The molecule has 286 valence electrons. The normalized spacial score (nSPS) is 11.5. The van der Waals surface area contributed by atoms with Crippen molar-refractivity contribution in [3.63, 3.8) is 0 Å². The molecule has 5 aromatic carbocycles. The predicted molar refractivity (Wildman–Crippen MR) is 209 cm³/mol. The lowest BCUT2D eigenvalue weighted by Crippen LogP contribution is -2.37. The Hall–Kier alpha value is -4.42. The molecular formula is C44H52F4N6. The maximum Gasteiger partial charge on any atom is 0.127 e. The smallest absolute Gasteiger partial charge is 0.127 e. The van der Waals surface area contributed by atoms with Gasteiger partial charge in [-0.2, -0.15) is 0 Å². The van der Waals surface area contributed by atoms with Crippen LogP contribution in [-0.2, 0) is 39.3 Å². The van der Waals surface area contributed by atoms with Gasteiger partial charge in [-0.3, -0.25) is 9.80 Å². The number of hydrogen-bond donors (Lipinski definition) is 4. The Kier molecular flexibility index (Phi) is 17.1. The van der Waals surface area contributed by atoms with Gasteiger partial charge >= 0.3 is 0 Å². The molecule has 0 atom stereocenters. The summed E-state index contributed by atoms with van der Waals surface area (Å²) >= 11 is 0. The lowest BCUT2D eigenvalue weighted by molar-refractivity contribution is 0.261. The van der Waals surface area contributed by atoms with Gasteiger partial charge in [-0.05, 0) is 35.4 Å². The van der Waals surface area contributed by atoms with Gasteiger partial charge in [-0.1, -0.05) is 97.1 Å². The van der Waals surface area contributed by atoms with Gasteiger partial charge in [0, 0.05) is 114 Å². The minimum Gasteiger partial charge on any atom is -0.311 e. The summed E-state index contributed by atoms with van der Waals surface area (Å²) < 4.78 is 56.6. The van der Waals surface area contributed by atoms with Crippen molar-refractivity contribution in [1.29, 1.82) is 0 Å². The van der Waals surface area contributed by atoms with Crippen molar-refractivity contribution in [3.05, 3.63) is 178 Å². The van der Waals surface area contributed by atoms with E-state index in [0.717, 1.165) is 39.3 Å². The van der Waals surface area contributed by atoms with Crippen LogP contribution in [0.15, 0.2) is 121 Å². The molecule has 0 saturated carbocycles. The van der Waals surface area contributed by atoms with Crippen molar-refractivity contribution in [3.8, 4) is 0 Å². The zero-order chi connectivity index (χ0) is 37.8. The molecule has 0 aromatic heterocycles. The van der Waals surface area contributed by atoms with Gasteiger partial charge in [0.2, 0.25) is 0 Å².